The topological polar surface area (TPSA) is 161 Å². The second kappa shape index (κ2) is 9.62. The van der Waals surface area contributed by atoms with E-state index in [1.165, 1.54) is 11.3 Å². The van der Waals surface area contributed by atoms with Crippen molar-refractivity contribution in [1.29, 1.82) is 0 Å². The van der Waals surface area contributed by atoms with E-state index in [2.05, 4.69) is 15.8 Å². The number of nitrogens with one attached hydrogen (secondary N) is 2. The summed E-state index contributed by atoms with van der Waals surface area (Å²) < 4.78 is 10.5. The number of nitro groups is 1. The number of carbonyl (C=O) groups is 3. The van der Waals surface area contributed by atoms with Gasteiger partial charge in [0, 0.05) is 29.8 Å². The molecule has 13 heteroatoms. The molecule has 1 aliphatic heterocycles. The maximum absolute atomic E-state index is 12.9. The van der Waals surface area contributed by atoms with E-state index < -0.39 is 22.6 Å². The first-order valence-electron chi connectivity index (χ1n) is 11.0. The van der Waals surface area contributed by atoms with Crippen molar-refractivity contribution in [3.05, 3.63) is 80.2 Å². The Balaban J connectivity index is 1.14. The molecule has 4 aromatic rings. The summed E-state index contributed by atoms with van der Waals surface area (Å²) in [5, 5.41) is 13.9. The third-order valence-electron chi connectivity index (χ3n) is 5.81. The first kappa shape index (κ1) is 23.2. The van der Waals surface area contributed by atoms with E-state index in [0.717, 1.165) is 22.5 Å². The Morgan fingerprint density at radius 3 is 2.50 bits per heavy atom. The van der Waals surface area contributed by atoms with Gasteiger partial charge in [-0.25, -0.2) is 4.98 Å². The monoisotopic (exact) mass is 509 g/mol. The molecule has 1 saturated heterocycles. The van der Waals surface area contributed by atoms with Crippen LogP contribution < -0.4 is 10.9 Å². The molecule has 1 aromatic carbocycles. The van der Waals surface area contributed by atoms with Crippen LogP contribution in [0.1, 0.15) is 55.4 Å². The fraction of sp³-hybridized carbons (Fsp3) is 0.217. The van der Waals surface area contributed by atoms with Crippen molar-refractivity contribution >= 4 is 45.9 Å². The summed E-state index contributed by atoms with van der Waals surface area (Å²) in [7, 11) is 0. The molecule has 0 spiro atoms. The smallest absolute Gasteiger partial charge is 0.433 e. The molecule has 184 valence electrons. The number of carbonyl (C=O) groups excluding carboxylic acids is 3. The Bertz CT molecular complexity index is 1430. The van der Waals surface area contributed by atoms with Gasteiger partial charge in [-0.15, -0.1) is 11.3 Å². The standard InChI is InChI=1S/C23H19N5O7S/c29-20(25-26-21(30)17-5-6-19(35-17)28(32)33)15-12-36-22(24-15)13-7-9-27(10-8-13)23(31)18-11-14-3-1-2-4-16(14)34-18/h1-6,11-13H,7-10H2,(H,25,29)(H,26,30). The Morgan fingerprint density at radius 1 is 1.03 bits per heavy atom. The zero-order valence-corrected chi connectivity index (χ0v) is 19.4. The van der Waals surface area contributed by atoms with Crippen LogP contribution in [-0.4, -0.2) is 45.6 Å². The summed E-state index contributed by atoms with van der Waals surface area (Å²) in [6, 6.07) is 11.4. The molecule has 3 aromatic heterocycles. The number of furan rings is 2. The fourth-order valence-electron chi connectivity index (χ4n) is 3.94. The lowest BCUT2D eigenvalue weighted by molar-refractivity contribution is -0.402. The lowest BCUT2D eigenvalue weighted by Crippen LogP contribution is -2.41. The molecular weight excluding hydrogens is 490 g/mol. The van der Waals surface area contributed by atoms with Crippen LogP contribution in [0.2, 0.25) is 0 Å². The lowest BCUT2D eigenvalue weighted by Gasteiger charge is -2.30. The van der Waals surface area contributed by atoms with Crippen molar-refractivity contribution in [2.45, 2.75) is 18.8 Å². The van der Waals surface area contributed by atoms with Crippen molar-refractivity contribution in [3.63, 3.8) is 0 Å². The van der Waals surface area contributed by atoms with Crippen LogP contribution in [0.3, 0.4) is 0 Å². The number of hydrogen-bond acceptors (Lipinski definition) is 9. The SMILES string of the molecule is O=C(NNC(=O)c1ccc([N+](=O)[O-])o1)c1csc(C2CCN(C(=O)c3cc4ccccc4o3)CC2)n1. The molecule has 0 unspecified atom stereocenters. The minimum absolute atomic E-state index is 0.0922. The number of thiazole rings is 1. The molecule has 4 heterocycles. The molecule has 36 heavy (non-hydrogen) atoms. The van der Waals surface area contributed by atoms with E-state index in [-0.39, 0.29) is 23.3 Å². The number of nitrogens with zero attached hydrogens (tertiary/aromatic N) is 3. The van der Waals surface area contributed by atoms with Crippen molar-refractivity contribution in [2.24, 2.45) is 0 Å². The third kappa shape index (κ3) is 4.68. The van der Waals surface area contributed by atoms with Gasteiger partial charge in [-0.05, 0) is 31.0 Å². The van der Waals surface area contributed by atoms with Gasteiger partial charge >= 0.3 is 11.8 Å². The normalized spacial score (nSPS) is 14.1. The molecule has 0 radical (unpaired) electrons. The van der Waals surface area contributed by atoms with Gasteiger partial charge in [0.15, 0.2) is 5.76 Å². The Morgan fingerprint density at radius 2 is 1.78 bits per heavy atom. The molecule has 5 rings (SSSR count). The van der Waals surface area contributed by atoms with Crippen molar-refractivity contribution in [1.82, 2.24) is 20.7 Å². The number of benzene rings is 1. The van der Waals surface area contributed by atoms with Gasteiger partial charge in [-0.1, -0.05) is 18.2 Å². The highest BCUT2D eigenvalue weighted by Crippen LogP contribution is 2.31. The predicted molar refractivity (Wildman–Crippen MR) is 127 cm³/mol. The molecule has 3 amide bonds. The van der Waals surface area contributed by atoms with Crippen LogP contribution in [0.4, 0.5) is 5.88 Å². The summed E-state index contributed by atoms with van der Waals surface area (Å²) in [5.74, 6) is -2.12. The van der Waals surface area contributed by atoms with Crippen molar-refractivity contribution in [3.8, 4) is 0 Å². The van der Waals surface area contributed by atoms with E-state index >= 15 is 0 Å². The van der Waals surface area contributed by atoms with Gasteiger partial charge in [0.05, 0.1) is 11.1 Å². The van der Waals surface area contributed by atoms with Gasteiger partial charge < -0.3 is 13.7 Å². The van der Waals surface area contributed by atoms with Gasteiger partial charge in [0.25, 0.3) is 11.8 Å². The molecule has 0 atom stereocenters. The number of amides is 3. The number of hydrogen-bond donors (Lipinski definition) is 2. The van der Waals surface area contributed by atoms with Gasteiger partial charge in [0.1, 0.15) is 16.2 Å². The van der Waals surface area contributed by atoms with Crippen molar-refractivity contribution in [2.75, 3.05) is 13.1 Å². The minimum atomic E-state index is -0.839. The molecule has 1 fully saturated rings. The highest BCUT2D eigenvalue weighted by Gasteiger charge is 2.28. The molecule has 0 aliphatic carbocycles. The first-order chi connectivity index (χ1) is 17.4. The molecule has 1 aliphatic rings. The molecule has 12 nitrogen and oxygen atoms in total. The Labute approximate surface area is 207 Å². The predicted octanol–water partition coefficient (Wildman–Crippen LogP) is 3.49. The molecule has 2 N–H and O–H groups in total. The number of piperidine rings is 1. The summed E-state index contributed by atoms with van der Waals surface area (Å²) in [6.45, 7) is 1.07. The summed E-state index contributed by atoms with van der Waals surface area (Å²) >= 11 is 1.33. The van der Waals surface area contributed by atoms with E-state index in [4.69, 9.17) is 8.83 Å². The van der Waals surface area contributed by atoms with Crippen LogP contribution in [0.5, 0.6) is 0 Å². The molecular formula is C23H19N5O7S. The number of para-hydroxylation sites is 1. The Hall–Kier alpha value is -4.52. The fourth-order valence-corrected chi connectivity index (χ4v) is 4.91. The third-order valence-corrected chi connectivity index (χ3v) is 6.81. The highest BCUT2D eigenvalue weighted by atomic mass is 32.1. The highest BCUT2D eigenvalue weighted by molar-refractivity contribution is 7.09. The molecule has 0 bridgehead atoms. The first-order valence-corrected chi connectivity index (χ1v) is 11.8. The summed E-state index contributed by atoms with van der Waals surface area (Å²) in [4.78, 5) is 53.3. The number of likely N-dealkylation sites (tertiary alicyclic amines) is 1. The second-order valence-corrected chi connectivity index (χ2v) is 8.98. The largest absolute Gasteiger partial charge is 0.451 e. The average Bonchev–Trinajstić information content (AvgIpc) is 3.66. The minimum Gasteiger partial charge on any atom is -0.451 e. The van der Waals surface area contributed by atoms with E-state index in [1.807, 2.05) is 24.3 Å². The van der Waals surface area contributed by atoms with E-state index in [9.17, 15) is 24.5 Å². The Kier molecular flexibility index (Phi) is 6.21. The van der Waals surface area contributed by atoms with Crippen LogP contribution in [-0.2, 0) is 0 Å². The number of rotatable bonds is 5. The maximum atomic E-state index is 12.9. The average molecular weight is 510 g/mol. The van der Waals surface area contributed by atoms with Crippen LogP contribution in [0.25, 0.3) is 11.0 Å². The number of aromatic nitrogens is 1. The van der Waals surface area contributed by atoms with Crippen LogP contribution >= 0.6 is 11.3 Å². The summed E-state index contributed by atoms with van der Waals surface area (Å²) in [6.07, 6.45) is 1.38. The lowest BCUT2D eigenvalue weighted by atomic mass is 9.97. The van der Waals surface area contributed by atoms with Gasteiger partial charge in [0.2, 0.25) is 5.76 Å². The van der Waals surface area contributed by atoms with Gasteiger partial charge in [-0.2, -0.15) is 0 Å². The second-order valence-electron chi connectivity index (χ2n) is 8.09. The molecule has 0 saturated carbocycles. The van der Waals surface area contributed by atoms with Crippen LogP contribution in [0, 0.1) is 10.1 Å². The zero-order chi connectivity index (χ0) is 25.2. The quantitative estimate of drug-likeness (QED) is 0.305. The van der Waals surface area contributed by atoms with Crippen LogP contribution in [0.15, 0.2) is 56.7 Å². The zero-order valence-electron chi connectivity index (χ0n) is 18.6. The van der Waals surface area contributed by atoms with Gasteiger partial charge in [-0.3, -0.25) is 35.3 Å². The number of hydrazine groups is 1. The van der Waals surface area contributed by atoms with Crippen molar-refractivity contribution < 1.29 is 28.1 Å². The van der Waals surface area contributed by atoms with E-state index in [1.54, 1.807) is 16.3 Å². The van der Waals surface area contributed by atoms with E-state index in [0.29, 0.717) is 37.3 Å². The maximum Gasteiger partial charge on any atom is 0.433 e. The number of fused-ring (bicyclic) bond motifs is 1. The summed E-state index contributed by atoms with van der Waals surface area (Å²) in [5.41, 5.74) is 5.15.